The van der Waals surface area contributed by atoms with E-state index in [-0.39, 0.29) is 42.1 Å². The van der Waals surface area contributed by atoms with Crippen LogP contribution in [0.15, 0.2) is 24.5 Å². The fraction of sp³-hybridized carbons (Fsp3) is 0.579. The standard InChI is InChI=1S/C19H23N3O3/c23-17(21-11-3-6-16(21)13-7-9-20-10-8-13)12-22-18(24)14-4-1-2-5-15(14)19(22)25/h7-10,14-16H,1-6,11-12H2. The van der Waals surface area contributed by atoms with Crippen molar-refractivity contribution in [2.45, 2.75) is 44.6 Å². The maximum atomic E-state index is 12.8. The highest BCUT2D eigenvalue weighted by Gasteiger charge is 2.49. The summed E-state index contributed by atoms with van der Waals surface area (Å²) in [5, 5.41) is 0. The maximum Gasteiger partial charge on any atom is 0.243 e. The largest absolute Gasteiger partial charge is 0.334 e. The van der Waals surface area contributed by atoms with E-state index in [9.17, 15) is 14.4 Å². The second-order valence-electron chi connectivity index (χ2n) is 7.29. The number of likely N-dealkylation sites (tertiary alicyclic amines) is 2. The van der Waals surface area contributed by atoms with Crippen molar-refractivity contribution in [3.05, 3.63) is 30.1 Å². The third kappa shape index (κ3) is 2.83. The van der Waals surface area contributed by atoms with Crippen LogP contribution in [0.5, 0.6) is 0 Å². The number of imide groups is 1. The molecule has 1 saturated carbocycles. The van der Waals surface area contributed by atoms with E-state index in [2.05, 4.69) is 4.98 Å². The minimum atomic E-state index is -0.191. The smallest absolute Gasteiger partial charge is 0.243 e. The summed E-state index contributed by atoms with van der Waals surface area (Å²) >= 11 is 0. The molecule has 1 aromatic heterocycles. The summed E-state index contributed by atoms with van der Waals surface area (Å²) in [6.07, 6.45) is 8.86. The fourth-order valence-electron chi connectivity index (χ4n) is 4.61. The third-order valence-electron chi connectivity index (χ3n) is 5.89. The van der Waals surface area contributed by atoms with Crippen LogP contribution in [-0.2, 0) is 14.4 Å². The molecular weight excluding hydrogens is 318 g/mol. The van der Waals surface area contributed by atoms with Crippen LogP contribution in [0.4, 0.5) is 0 Å². The number of rotatable bonds is 3. The predicted octanol–water partition coefficient (Wildman–Crippen LogP) is 1.92. The van der Waals surface area contributed by atoms with Crippen molar-refractivity contribution >= 4 is 17.7 Å². The molecule has 0 aromatic carbocycles. The van der Waals surface area contributed by atoms with Crippen LogP contribution >= 0.6 is 0 Å². The quantitative estimate of drug-likeness (QED) is 0.788. The molecule has 0 N–H and O–H groups in total. The highest BCUT2D eigenvalue weighted by atomic mass is 16.2. The Balaban J connectivity index is 1.48. The van der Waals surface area contributed by atoms with E-state index in [4.69, 9.17) is 0 Å². The van der Waals surface area contributed by atoms with Gasteiger partial charge in [0.25, 0.3) is 0 Å². The number of pyridine rings is 1. The van der Waals surface area contributed by atoms with Gasteiger partial charge in [0.05, 0.1) is 17.9 Å². The number of carbonyl (C=O) groups is 3. The molecule has 0 bridgehead atoms. The van der Waals surface area contributed by atoms with Gasteiger partial charge in [-0.3, -0.25) is 24.3 Å². The average Bonchev–Trinajstić information content (AvgIpc) is 3.23. The molecule has 3 heterocycles. The van der Waals surface area contributed by atoms with Gasteiger partial charge in [-0.25, -0.2) is 0 Å². The maximum absolute atomic E-state index is 12.8. The zero-order valence-electron chi connectivity index (χ0n) is 14.3. The first-order valence-electron chi connectivity index (χ1n) is 9.21. The lowest BCUT2D eigenvalue weighted by atomic mass is 9.81. The molecule has 6 heteroatoms. The van der Waals surface area contributed by atoms with Crippen molar-refractivity contribution in [1.82, 2.24) is 14.8 Å². The van der Waals surface area contributed by atoms with Gasteiger partial charge in [-0.05, 0) is 43.4 Å². The molecule has 0 radical (unpaired) electrons. The van der Waals surface area contributed by atoms with Crippen molar-refractivity contribution in [3.8, 4) is 0 Å². The topological polar surface area (TPSA) is 70.6 Å². The molecule has 2 saturated heterocycles. The molecule has 3 amide bonds. The molecule has 4 rings (SSSR count). The minimum absolute atomic E-state index is 0.0191. The number of hydrogen-bond acceptors (Lipinski definition) is 4. The minimum Gasteiger partial charge on any atom is -0.334 e. The number of hydrogen-bond donors (Lipinski definition) is 0. The van der Waals surface area contributed by atoms with Crippen molar-refractivity contribution in [2.75, 3.05) is 13.1 Å². The lowest BCUT2D eigenvalue weighted by Crippen LogP contribution is -2.43. The van der Waals surface area contributed by atoms with Gasteiger partial charge in [0.15, 0.2) is 0 Å². The summed E-state index contributed by atoms with van der Waals surface area (Å²) in [4.78, 5) is 45.1. The summed E-state index contributed by atoms with van der Waals surface area (Å²) in [5.74, 6) is -0.780. The Morgan fingerprint density at radius 1 is 1.00 bits per heavy atom. The van der Waals surface area contributed by atoms with Gasteiger partial charge in [0.1, 0.15) is 6.54 Å². The first kappa shape index (κ1) is 16.2. The van der Waals surface area contributed by atoms with Crippen LogP contribution in [0, 0.1) is 11.8 Å². The number of amides is 3. The SMILES string of the molecule is O=C1C2CCCCC2C(=O)N1CC(=O)N1CCCC1c1ccncc1. The summed E-state index contributed by atoms with van der Waals surface area (Å²) in [5.41, 5.74) is 1.06. The summed E-state index contributed by atoms with van der Waals surface area (Å²) < 4.78 is 0. The van der Waals surface area contributed by atoms with Crippen LogP contribution in [0.3, 0.4) is 0 Å². The molecule has 132 valence electrons. The monoisotopic (exact) mass is 341 g/mol. The predicted molar refractivity (Wildman–Crippen MR) is 90.1 cm³/mol. The number of nitrogens with zero attached hydrogens (tertiary/aromatic N) is 3. The molecule has 1 aliphatic carbocycles. The van der Waals surface area contributed by atoms with E-state index in [0.29, 0.717) is 6.54 Å². The highest BCUT2D eigenvalue weighted by Crippen LogP contribution is 2.38. The molecule has 25 heavy (non-hydrogen) atoms. The zero-order chi connectivity index (χ0) is 17.4. The summed E-state index contributed by atoms with van der Waals surface area (Å²) in [6, 6.07) is 3.87. The van der Waals surface area contributed by atoms with Crippen LogP contribution in [-0.4, -0.2) is 45.6 Å². The molecule has 1 aromatic rings. The van der Waals surface area contributed by atoms with E-state index < -0.39 is 0 Å². The third-order valence-corrected chi connectivity index (χ3v) is 5.89. The van der Waals surface area contributed by atoms with Crippen LogP contribution in [0.2, 0.25) is 0 Å². The number of carbonyl (C=O) groups excluding carboxylic acids is 3. The Kier molecular flexibility index (Phi) is 4.27. The Morgan fingerprint density at radius 2 is 1.64 bits per heavy atom. The molecular formula is C19H23N3O3. The van der Waals surface area contributed by atoms with Gasteiger partial charge in [0, 0.05) is 18.9 Å². The van der Waals surface area contributed by atoms with E-state index in [1.807, 2.05) is 17.0 Å². The van der Waals surface area contributed by atoms with Crippen LogP contribution < -0.4 is 0 Å². The Hall–Kier alpha value is -2.24. The van der Waals surface area contributed by atoms with Gasteiger partial charge in [-0.2, -0.15) is 0 Å². The van der Waals surface area contributed by atoms with Crippen molar-refractivity contribution in [1.29, 1.82) is 0 Å². The zero-order valence-corrected chi connectivity index (χ0v) is 14.3. The lowest BCUT2D eigenvalue weighted by Gasteiger charge is -2.27. The molecule has 6 nitrogen and oxygen atoms in total. The van der Waals surface area contributed by atoms with Crippen molar-refractivity contribution in [3.63, 3.8) is 0 Å². The van der Waals surface area contributed by atoms with E-state index >= 15 is 0 Å². The van der Waals surface area contributed by atoms with E-state index in [1.165, 1.54) is 4.90 Å². The lowest BCUT2D eigenvalue weighted by molar-refractivity contribution is -0.147. The Labute approximate surface area is 147 Å². The molecule has 3 unspecified atom stereocenters. The van der Waals surface area contributed by atoms with Gasteiger partial charge >= 0.3 is 0 Å². The van der Waals surface area contributed by atoms with E-state index in [0.717, 1.165) is 44.1 Å². The highest BCUT2D eigenvalue weighted by molar-refractivity contribution is 6.07. The molecule has 2 aliphatic heterocycles. The first-order valence-corrected chi connectivity index (χ1v) is 9.21. The van der Waals surface area contributed by atoms with Crippen LogP contribution in [0.1, 0.15) is 50.1 Å². The number of fused-ring (bicyclic) bond motifs is 1. The van der Waals surface area contributed by atoms with Gasteiger partial charge in [0.2, 0.25) is 17.7 Å². The van der Waals surface area contributed by atoms with Crippen molar-refractivity contribution < 1.29 is 14.4 Å². The molecule has 3 fully saturated rings. The Morgan fingerprint density at radius 3 is 2.28 bits per heavy atom. The summed E-state index contributed by atoms with van der Waals surface area (Å²) in [7, 11) is 0. The summed E-state index contributed by atoms with van der Waals surface area (Å²) in [6.45, 7) is 0.571. The van der Waals surface area contributed by atoms with Gasteiger partial charge in [-0.1, -0.05) is 12.8 Å². The second kappa shape index (κ2) is 6.58. The van der Waals surface area contributed by atoms with E-state index in [1.54, 1.807) is 12.4 Å². The van der Waals surface area contributed by atoms with Crippen LogP contribution in [0.25, 0.3) is 0 Å². The first-order chi connectivity index (χ1) is 12.2. The molecule has 0 spiro atoms. The molecule has 3 atom stereocenters. The number of aromatic nitrogens is 1. The normalized spacial score (nSPS) is 29.2. The fourth-order valence-corrected chi connectivity index (χ4v) is 4.61. The van der Waals surface area contributed by atoms with Gasteiger partial charge in [-0.15, -0.1) is 0 Å². The Bertz CT molecular complexity index is 666. The average molecular weight is 341 g/mol. The second-order valence-corrected chi connectivity index (χ2v) is 7.29. The van der Waals surface area contributed by atoms with Crippen molar-refractivity contribution in [2.24, 2.45) is 11.8 Å². The molecule has 3 aliphatic rings. The van der Waals surface area contributed by atoms with Gasteiger partial charge < -0.3 is 4.90 Å².